The van der Waals surface area contributed by atoms with Crippen molar-refractivity contribution in [3.05, 3.63) is 0 Å². The van der Waals surface area contributed by atoms with Crippen LogP contribution in [0.5, 0.6) is 0 Å². The van der Waals surface area contributed by atoms with E-state index in [9.17, 15) is 4.79 Å². The van der Waals surface area contributed by atoms with Crippen molar-refractivity contribution in [3.63, 3.8) is 0 Å². The van der Waals surface area contributed by atoms with E-state index in [1.165, 1.54) is 0 Å². The minimum Gasteiger partial charge on any atom is -0.340 e. The lowest BCUT2D eigenvalue weighted by Gasteiger charge is -2.26. The molecule has 0 unspecified atom stereocenters. The van der Waals surface area contributed by atoms with E-state index in [0.29, 0.717) is 24.4 Å². The number of hydrogen-bond acceptors (Lipinski definition) is 2. The first-order valence-electron chi connectivity index (χ1n) is 5.17. The van der Waals surface area contributed by atoms with E-state index in [1.807, 2.05) is 4.90 Å². The minimum atomic E-state index is 0.319. The monoisotopic (exact) mass is 184 g/mol. The Kier molecular flexibility index (Phi) is 3.72. The Morgan fingerprint density at radius 3 is 2.54 bits per heavy atom. The molecule has 3 nitrogen and oxygen atoms in total. The summed E-state index contributed by atoms with van der Waals surface area (Å²) in [7, 11) is 0. The zero-order chi connectivity index (χ0) is 9.84. The van der Waals surface area contributed by atoms with E-state index in [1.54, 1.807) is 0 Å². The molecule has 1 saturated carbocycles. The molecule has 1 fully saturated rings. The van der Waals surface area contributed by atoms with E-state index < -0.39 is 0 Å². The topological polar surface area (TPSA) is 46.3 Å². The molecule has 1 rings (SSSR count). The van der Waals surface area contributed by atoms with Gasteiger partial charge in [0, 0.05) is 18.5 Å². The molecule has 0 heterocycles. The molecule has 0 saturated heterocycles. The predicted octanol–water partition coefficient (Wildman–Crippen LogP) is 0.982. The van der Waals surface area contributed by atoms with Crippen molar-refractivity contribution < 1.29 is 4.79 Å². The Morgan fingerprint density at radius 1 is 1.54 bits per heavy atom. The SMILES string of the molecule is CC(C)N(CCCN)C(=O)C1CC1. The molecular weight excluding hydrogens is 164 g/mol. The fraction of sp³-hybridized carbons (Fsp3) is 0.900. The highest BCUT2D eigenvalue weighted by atomic mass is 16.2. The van der Waals surface area contributed by atoms with Crippen LogP contribution in [0.2, 0.25) is 0 Å². The van der Waals surface area contributed by atoms with Crippen LogP contribution in [-0.2, 0) is 4.79 Å². The van der Waals surface area contributed by atoms with Crippen molar-refractivity contribution in [3.8, 4) is 0 Å². The molecule has 1 amide bonds. The fourth-order valence-electron chi connectivity index (χ4n) is 1.45. The van der Waals surface area contributed by atoms with Crippen LogP contribution in [0.3, 0.4) is 0 Å². The molecule has 76 valence electrons. The second-order valence-electron chi connectivity index (χ2n) is 4.04. The van der Waals surface area contributed by atoms with Gasteiger partial charge in [-0.2, -0.15) is 0 Å². The Labute approximate surface area is 80.3 Å². The number of nitrogens with two attached hydrogens (primary N) is 1. The van der Waals surface area contributed by atoms with Crippen LogP contribution in [0.15, 0.2) is 0 Å². The molecule has 0 aliphatic heterocycles. The molecule has 1 aliphatic rings. The second-order valence-corrected chi connectivity index (χ2v) is 4.04. The van der Waals surface area contributed by atoms with Gasteiger partial charge >= 0.3 is 0 Å². The van der Waals surface area contributed by atoms with Gasteiger partial charge in [0.1, 0.15) is 0 Å². The van der Waals surface area contributed by atoms with Gasteiger partial charge in [0.05, 0.1) is 0 Å². The predicted molar refractivity (Wildman–Crippen MR) is 53.2 cm³/mol. The van der Waals surface area contributed by atoms with Gasteiger partial charge in [-0.25, -0.2) is 0 Å². The van der Waals surface area contributed by atoms with Crippen molar-refractivity contribution in [2.75, 3.05) is 13.1 Å². The number of carbonyl (C=O) groups is 1. The van der Waals surface area contributed by atoms with E-state index >= 15 is 0 Å². The van der Waals surface area contributed by atoms with Gasteiger partial charge in [0.25, 0.3) is 0 Å². The first kappa shape index (κ1) is 10.5. The normalized spacial score (nSPS) is 16.3. The largest absolute Gasteiger partial charge is 0.340 e. The quantitative estimate of drug-likeness (QED) is 0.692. The van der Waals surface area contributed by atoms with Gasteiger partial charge in [-0.1, -0.05) is 0 Å². The van der Waals surface area contributed by atoms with Crippen molar-refractivity contribution in [2.45, 2.75) is 39.2 Å². The summed E-state index contributed by atoms with van der Waals surface area (Å²) >= 11 is 0. The zero-order valence-electron chi connectivity index (χ0n) is 8.62. The molecular formula is C10H20N2O. The summed E-state index contributed by atoms with van der Waals surface area (Å²) in [4.78, 5) is 13.7. The van der Waals surface area contributed by atoms with Crippen molar-refractivity contribution in [1.82, 2.24) is 4.90 Å². The highest BCUT2D eigenvalue weighted by Crippen LogP contribution is 2.31. The lowest BCUT2D eigenvalue weighted by atomic mass is 10.2. The lowest BCUT2D eigenvalue weighted by molar-refractivity contribution is -0.134. The van der Waals surface area contributed by atoms with E-state index in [2.05, 4.69) is 13.8 Å². The van der Waals surface area contributed by atoms with Crippen LogP contribution < -0.4 is 5.73 Å². The summed E-state index contributed by atoms with van der Waals surface area (Å²) in [6.07, 6.45) is 3.09. The fourth-order valence-corrected chi connectivity index (χ4v) is 1.45. The van der Waals surface area contributed by atoms with Crippen molar-refractivity contribution in [2.24, 2.45) is 11.7 Å². The Hall–Kier alpha value is -0.570. The molecule has 0 aromatic carbocycles. The van der Waals surface area contributed by atoms with Crippen LogP contribution in [0.4, 0.5) is 0 Å². The first-order chi connectivity index (χ1) is 6.16. The van der Waals surface area contributed by atoms with Gasteiger partial charge in [0.2, 0.25) is 5.91 Å². The first-order valence-corrected chi connectivity index (χ1v) is 5.17. The Balaban J connectivity index is 2.40. The van der Waals surface area contributed by atoms with Crippen LogP contribution in [0.25, 0.3) is 0 Å². The highest BCUT2D eigenvalue weighted by Gasteiger charge is 2.33. The third kappa shape index (κ3) is 2.99. The third-order valence-corrected chi connectivity index (χ3v) is 2.44. The summed E-state index contributed by atoms with van der Waals surface area (Å²) in [5.41, 5.74) is 5.43. The van der Waals surface area contributed by atoms with Crippen LogP contribution in [-0.4, -0.2) is 29.9 Å². The number of nitrogens with zero attached hydrogens (tertiary/aromatic N) is 1. The average Bonchev–Trinajstić information content (AvgIpc) is 2.86. The van der Waals surface area contributed by atoms with E-state index in [4.69, 9.17) is 5.73 Å². The molecule has 0 bridgehead atoms. The van der Waals surface area contributed by atoms with Crippen molar-refractivity contribution >= 4 is 5.91 Å². The highest BCUT2D eigenvalue weighted by molar-refractivity contribution is 5.81. The molecule has 0 aromatic heterocycles. The Bertz CT molecular complexity index is 176. The van der Waals surface area contributed by atoms with Crippen LogP contribution in [0, 0.1) is 5.92 Å². The molecule has 0 spiro atoms. The smallest absolute Gasteiger partial charge is 0.225 e. The van der Waals surface area contributed by atoms with Gasteiger partial charge in [-0.05, 0) is 39.7 Å². The van der Waals surface area contributed by atoms with Gasteiger partial charge in [-0.15, -0.1) is 0 Å². The van der Waals surface area contributed by atoms with Gasteiger partial charge < -0.3 is 10.6 Å². The lowest BCUT2D eigenvalue weighted by Crippen LogP contribution is -2.39. The van der Waals surface area contributed by atoms with Crippen LogP contribution in [0.1, 0.15) is 33.1 Å². The molecule has 0 atom stereocenters. The van der Waals surface area contributed by atoms with Crippen molar-refractivity contribution in [1.29, 1.82) is 0 Å². The van der Waals surface area contributed by atoms with E-state index in [0.717, 1.165) is 25.8 Å². The summed E-state index contributed by atoms with van der Waals surface area (Å²) in [5.74, 6) is 0.670. The van der Waals surface area contributed by atoms with E-state index in [-0.39, 0.29) is 0 Å². The second kappa shape index (κ2) is 4.61. The summed E-state index contributed by atoms with van der Waals surface area (Å²) < 4.78 is 0. The maximum absolute atomic E-state index is 11.7. The number of hydrogen-bond donors (Lipinski definition) is 1. The number of amides is 1. The molecule has 13 heavy (non-hydrogen) atoms. The number of carbonyl (C=O) groups excluding carboxylic acids is 1. The zero-order valence-corrected chi connectivity index (χ0v) is 8.62. The molecule has 0 radical (unpaired) electrons. The molecule has 3 heteroatoms. The summed E-state index contributed by atoms with van der Waals surface area (Å²) in [6.45, 7) is 5.62. The summed E-state index contributed by atoms with van der Waals surface area (Å²) in [6, 6.07) is 0.319. The maximum atomic E-state index is 11.7. The van der Waals surface area contributed by atoms with Crippen LogP contribution >= 0.6 is 0 Å². The third-order valence-electron chi connectivity index (χ3n) is 2.44. The van der Waals surface area contributed by atoms with Gasteiger partial charge in [0.15, 0.2) is 0 Å². The summed E-state index contributed by atoms with van der Waals surface area (Å²) in [5, 5.41) is 0. The molecule has 2 N–H and O–H groups in total. The molecule has 1 aliphatic carbocycles. The Morgan fingerprint density at radius 2 is 2.15 bits per heavy atom. The standard InChI is InChI=1S/C10H20N2O/c1-8(2)12(7-3-6-11)10(13)9-4-5-9/h8-9H,3-7,11H2,1-2H3. The van der Waals surface area contributed by atoms with Gasteiger partial charge in [-0.3, -0.25) is 4.79 Å². The average molecular weight is 184 g/mol. The minimum absolute atomic E-state index is 0.319. The maximum Gasteiger partial charge on any atom is 0.225 e. The number of rotatable bonds is 5. The molecule has 0 aromatic rings.